The third-order valence-electron chi connectivity index (χ3n) is 3.58. The summed E-state index contributed by atoms with van der Waals surface area (Å²) in [6.07, 6.45) is -0.684. The summed E-state index contributed by atoms with van der Waals surface area (Å²) >= 11 is 5.87. The van der Waals surface area contributed by atoms with Crippen molar-refractivity contribution in [1.29, 1.82) is 0 Å². The van der Waals surface area contributed by atoms with Crippen LogP contribution in [0, 0.1) is 5.92 Å². The van der Waals surface area contributed by atoms with Crippen molar-refractivity contribution in [3.8, 4) is 5.75 Å². The molecule has 2 aromatic carbocycles. The maximum Gasteiger partial charge on any atom is 0.261 e. The fourth-order valence-corrected chi connectivity index (χ4v) is 3.41. The number of sulfonamides is 1. The van der Waals surface area contributed by atoms with Crippen LogP contribution in [0.15, 0.2) is 53.4 Å². The van der Waals surface area contributed by atoms with Crippen LogP contribution in [0.1, 0.15) is 20.8 Å². The number of amides is 1. The topological polar surface area (TPSA) is 84.5 Å². The van der Waals surface area contributed by atoms with Gasteiger partial charge in [-0.15, -0.1) is 0 Å². The maximum atomic E-state index is 12.4. The average molecular weight is 411 g/mol. The highest BCUT2D eigenvalue weighted by Crippen LogP contribution is 2.21. The smallest absolute Gasteiger partial charge is 0.261 e. The average Bonchev–Trinajstić information content (AvgIpc) is 2.59. The standard InChI is InChI=1S/C19H23ClN2O4S/c1-13(2)12-21-19(23)14(3)26-17-7-9-18(10-8-17)27(24,25)22-16-6-4-5-15(20)11-16/h4-11,13-14,22H,12H2,1-3H3,(H,21,23)/t14-/m0/s1. The summed E-state index contributed by atoms with van der Waals surface area (Å²) in [7, 11) is -3.75. The van der Waals surface area contributed by atoms with Gasteiger partial charge in [-0.2, -0.15) is 0 Å². The largest absolute Gasteiger partial charge is 0.481 e. The molecule has 0 saturated carbocycles. The molecule has 8 heteroatoms. The van der Waals surface area contributed by atoms with Crippen molar-refractivity contribution >= 4 is 33.2 Å². The molecule has 0 radical (unpaired) electrons. The van der Waals surface area contributed by atoms with Gasteiger partial charge in [0.2, 0.25) is 0 Å². The first-order chi connectivity index (χ1) is 12.7. The van der Waals surface area contributed by atoms with E-state index >= 15 is 0 Å². The summed E-state index contributed by atoms with van der Waals surface area (Å²) in [5, 5.41) is 3.22. The van der Waals surface area contributed by atoms with Crippen LogP contribution in [-0.4, -0.2) is 27.0 Å². The lowest BCUT2D eigenvalue weighted by Gasteiger charge is -2.16. The molecule has 0 aromatic heterocycles. The Morgan fingerprint density at radius 1 is 1.11 bits per heavy atom. The molecule has 146 valence electrons. The summed E-state index contributed by atoms with van der Waals surface area (Å²) in [5.74, 6) is 0.532. The summed E-state index contributed by atoms with van der Waals surface area (Å²) in [6.45, 7) is 6.21. The predicted octanol–water partition coefficient (Wildman–Crippen LogP) is 3.68. The van der Waals surface area contributed by atoms with Gasteiger partial charge in [-0.3, -0.25) is 9.52 Å². The molecule has 2 aromatic rings. The fraction of sp³-hybridized carbons (Fsp3) is 0.316. The number of carbonyl (C=O) groups is 1. The van der Waals surface area contributed by atoms with Crippen molar-refractivity contribution in [2.75, 3.05) is 11.3 Å². The number of halogens is 1. The van der Waals surface area contributed by atoms with Crippen LogP contribution in [0.5, 0.6) is 5.75 Å². The first-order valence-electron chi connectivity index (χ1n) is 8.50. The van der Waals surface area contributed by atoms with Gasteiger partial charge in [-0.05, 0) is 55.3 Å². The number of rotatable bonds is 8. The Morgan fingerprint density at radius 2 is 1.78 bits per heavy atom. The first kappa shape index (κ1) is 21.1. The van der Waals surface area contributed by atoms with E-state index in [2.05, 4.69) is 10.0 Å². The Bertz CT molecular complexity index is 883. The van der Waals surface area contributed by atoms with E-state index in [0.29, 0.717) is 28.9 Å². The van der Waals surface area contributed by atoms with Gasteiger partial charge in [-0.1, -0.05) is 31.5 Å². The number of benzene rings is 2. The molecular formula is C19H23ClN2O4S. The number of ether oxygens (including phenoxy) is 1. The van der Waals surface area contributed by atoms with E-state index in [1.165, 1.54) is 30.3 Å². The minimum atomic E-state index is -3.75. The Hall–Kier alpha value is -2.25. The molecule has 0 aliphatic rings. The molecule has 0 spiro atoms. The van der Waals surface area contributed by atoms with Crippen LogP contribution in [0.4, 0.5) is 5.69 Å². The van der Waals surface area contributed by atoms with Gasteiger partial charge in [0.15, 0.2) is 6.10 Å². The van der Waals surface area contributed by atoms with Gasteiger partial charge in [0, 0.05) is 11.6 Å². The number of carbonyl (C=O) groups excluding carboxylic acids is 1. The molecule has 2 rings (SSSR count). The van der Waals surface area contributed by atoms with Gasteiger partial charge < -0.3 is 10.1 Å². The van der Waals surface area contributed by atoms with E-state index in [1.54, 1.807) is 25.1 Å². The molecule has 0 saturated heterocycles. The Balaban J connectivity index is 2.02. The molecule has 27 heavy (non-hydrogen) atoms. The Morgan fingerprint density at radius 3 is 2.37 bits per heavy atom. The van der Waals surface area contributed by atoms with E-state index in [4.69, 9.17) is 16.3 Å². The fourth-order valence-electron chi connectivity index (χ4n) is 2.17. The van der Waals surface area contributed by atoms with Crippen molar-refractivity contribution in [3.63, 3.8) is 0 Å². The van der Waals surface area contributed by atoms with E-state index < -0.39 is 16.1 Å². The molecule has 0 aliphatic heterocycles. The van der Waals surface area contributed by atoms with E-state index in [-0.39, 0.29) is 10.8 Å². The minimum absolute atomic E-state index is 0.0757. The molecule has 1 atom stereocenters. The lowest BCUT2D eigenvalue weighted by molar-refractivity contribution is -0.127. The van der Waals surface area contributed by atoms with Gasteiger partial charge in [0.05, 0.1) is 10.6 Å². The maximum absolute atomic E-state index is 12.4. The highest BCUT2D eigenvalue weighted by atomic mass is 35.5. The van der Waals surface area contributed by atoms with Gasteiger partial charge in [-0.25, -0.2) is 8.42 Å². The van der Waals surface area contributed by atoms with Crippen LogP contribution in [0.3, 0.4) is 0 Å². The molecule has 0 aliphatic carbocycles. The van der Waals surface area contributed by atoms with Crippen LogP contribution in [0.2, 0.25) is 5.02 Å². The second-order valence-electron chi connectivity index (χ2n) is 6.49. The van der Waals surface area contributed by atoms with Gasteiger partial charge in [0.25, 0.3) is 15.9 Å². The molecule has 2 N–H and O–H groups in total. The van der Waals surface area contributed by atoms with Crippen molar-refractivity contribution < 1.29 is 17.9 Å². The zero-order valence-corrected chi connectivity index (χ0v) is 17.0. The Kier molecular flexibility index (Phi) is 7.10. The highest BCUT2D eigenvalue weighted by Gasteiger charge is 2.17. The van der Waals surface area contributed by atoms with Crippen LogP contribution in [-0.2, 0) is 14.8 Å². The molecular weight excluding hydrogens is 388 g/mol. The van der Waals surface area contributed by atoms with Gasteiger partial charge in [0.1, 0.15) is 5.75 Å². The second-order valence-corrected chi connectivity index (χ2v) is 8.61. The summed E-state index contributed by atoms with van der Waals surface area (Å²) in [5.41, 5.74) is 0.373. The first-order valence-corrected chi connectivity index (χ1v) is 10.4. The van der Waals surface area contributed by atoms with Crippen LogP contribution < -0.4 is 14.8 Å². The Labute approximate surface area is 164 Å². The van der Waals surface area contributed by atoms with E-state index in [1.807, 2.05) is 13.8 Å². The molecule has 6 nitrogen and oxygen atoms in total. The number of hydrogen-bond acceptors (Lipinski definition) is 4. The summed E-state index contributed by atoms with van der Waals surface area (Å²) in [4.78, 5) is 12.0. The normalized spacial score (nSPS) is 12.5. The number of hydrogen-bond donors (Lipinski definition) is 2. The third-order valence-corrected chi connectivity index (χ3v) is 5.21. The third kappa shape index (κ3) is 6.45. The lowest BCUT2D eigenvalue weighted by atomic mass is 10.2. The minimum Gasteiger partial charge on any atom is -0.481 e. The molecule has 0 fully saturated rings. The van der Waals surface area contributed by atoms with Crippen molar-refractivity contribution in [1.82, 2.24) is 5.32 Å². The zero-order chi connectivity index (χ0) is 20.0. The van der Waals surface area contributed by atoms with Crippen molar-refractivity contribution in [2.45, 2.75) is 31.8 Å². The second kappa shape index (κ2) is 9.10. The van der Waals surface area contributed by atoms with Crippen molar-refractivity contribution in [3.05, 3.63) is 53.6 Å². The lowest BCUT2D eigenvalue weighted by Crippen LogP contribution is -2.38. The van der Waals surface area contributed by atoms with Crippen LogP contribution in [0.25, 0.3) is 0 Å². The molecule has 0 unspecified atom stereocenters. The van der Waals surface area contributed by atoms with E-state index in [0.717, 1.165) is 0 Å². The molecule has 1 amide bonds. The predicted molar refractivity (Wildman–Crippen MR) is 107 cm³/mol. The molecule has 0 heterocycles. The SMILES string of the molecule is CC(C)CNC(=O)[C@H](C)Oc1ccc(S(=O)(=O)Nc2cccc(Cl)c2)cc1. The number of anilines is 1. The van der Waals surface area contributed by atoms with Crippen molar-refractivity contribution in [2.24, 2.45) is 5.92 Å². The van der Waals surface area contributed by atoms with Gasteiger partial charge >= 0.3 is 0 Å². The van der Waals surface area contributed by atoms with Crippen LogP contribution >= 0.6 is 11.6 Å². The zero-order valence-electron chi connectivity index (χ0n) is 15.4. The molecule has 0 bridgehead atoms. The summed E-state index contributed by atoms with van der Waals surface area (Å²) < 4.78 is 32.9. The monoisotopic (exact) mass is 410 g/mol. The van der Waals surface area contributed by atoms with E-state index in [9.17, 15) is 13.2 Å². The summed E-state index contributed by atoms with van der Waals surface area (Å²) in [6, 6.07) is 12.3. The quantitative estimate of drug-likeness (QED) is 0.695. The number of nitrogens with one attached hydrogen (secondary N) is 2. The highest BCUT2D eigenvalue weighted by molar-refractivity contribution is 7.92.